The van der Waals surface area contributed by atoms with E-state index in [1.807, 2.05) is 0 Å². The third-order valence-corrected chi connectivity index (χ3v) is 2.72. The lowest BCUT2D eigenvalue weighted by atomic mass is 9.97. The summed E-state index contributed by atoms with van der Waals surface area (Å²) < 4.78 is 0. The topological polar surface area (TPSA) is 52.0 Å². The number of hydrogen-bond donors (Lipinski definition) is 2. The molecule has 0 spiro atoms. The Bertz CT molecular complexity index is 91.1. The lowest BCUT2D eigenvalue weighted by molar-refractivity contribution is 0.401. The minimum Gasteiger partial charge on any atom is -0.327 e. The molecule has 54 valence electrons. The Labute approximate surface area is 56.6 Å². The minimum absolute atomic E-state index is 0.343. The molecule has 1 fully saturated rings. The first-order valence-electron chi connectivity index (χ1n) is 3.64. The summed E-state index contributed by atoms with van der Waals surface area (Å²) in [5, 5.41) is 0. The van der Waals surface area contributed by atoms with E-state index in [4.69, 9.17) is 11.5 Å². The summed E-state index contributed by atoms with van der Waals surface area (Å²) in [5.41, 5.74) is 11.6. The van der Waals surface area contributed by atoms with Crippen LogP contribution in [0, 0.1) is 11.8 Å². The van der Waals surface area contributed by atoms with Crippen LogP contribution < -0.4 is 11.5 Å². The predicted octanol–water partition coefficient (Wildman–Crippen LogP) is 0.317. The molecule has 0 aromatic heterocycles. The van der Waals surface area contributed by atoms with Crippen LogP contribution in [-0.4, -0.2) is 12.1 Å². The Morgan fingerprint density at radius 2 is 1.33 bits per heavy atom. The van der Waals surface area contributed by atoms with Crippen molar-refractivity contribution in [2.75, 3.05) is 0 Å². The lowest BCUT2D eigenvalue weighted by Gasteiger charge is -2.13. The summed E-state index contributed by atoms with van der Waals surface area (Å²) in [4.78, 5) is 0. The highest BCUT2D eigenvalue weighted by Crippen LogP contribution is 2.28. The molecule has 1 aliphatic rings. The van der Waals surface area contributed by atoms with Crippen LogP contribution in [0.4, 0.5) is 0 Å². The maximum atomic E-state index is 5.78. The average Bonchev–Trinajstić information content (AvgIpc) is 1.98. The quantitative estimate of drug-likeness (QED) is 0.493. The van der Waals surface area contributed by atoms with Gasteiger partial charge in [0.1, 0.15) is 0 Å². The maximum Gasteiger partial charge on any atom is 0.00824 e. The third kappa shape index (κ3) is 1.10. The van der Waals surface area contributed by atoms with Gasteiger partial charge in [-0.05, 0) is 18.3 Å². The SMILES string of the molecule is CC1C(N)CC(N)C1C. The Morgan fingerprint density at radius 3 is 1.44 bits per heavy atom. The van der Waals surface area contributed by atoms with Gasteiger partial charge in [0.05, 0.1) is 0 Å². The second-order valence-corrected chi connectivity index (χ2v) is 3.28. The molecule has 0 aliphatic heterocycles. The van der Waals surface area contributed by atoms with E-state index in [0.717, 1.165) is 6.42 Å². The molecule has 2 nitrogen and oxygen atoms in total. The molecule has 0 aromatic carbocycles. The lowest BCUT2D eigenvalue weighted by Crippen LogP contribution is -2.24. The van der Waals surface area contributed by atoms with Crippen molar-refractivity contribution in [1.82, 2.24) is 0 Å². The van der Waals surface area contributed by atoms with E-state index in [1.54, 1.807) is 0 Å². The number of hydrogen-bond acceptors (Lipinski definition) is 2. The van der Waals surface area contributed by atoms with Gasteiger partial charge < -0.3 is 11.5 Å². The van der Waals surface area contributed by atoms with Crippen LogP contribution in [0.5, 0.6) is 0 Å². The van der Waals surface area contributed by atoms with Crippen molar-refractivity contribution in [1.29, 1.82) is 0 Å². The van der Waals surface area contributed by atoms with Crippen molar-refractivity contribution in [2.24, 2.45) is 23.3 Å². The van der Waals surface area contributed by atoms with Crippen molar-refractivity contribution in [2.45, 2.75) is 32.4 Å². The fraction of sp³-hybridized carbons (Fsp3) is 1.00. The Hall–Kier alpha value is -0.0800. The summed E-state index contributed by atoms with van der Waals surface area (Å²) in [6.07, 6.45) is 1.00. The zero-order chi connectivity index (χ0) is 7.02. The molecule has 1 aliphatic carbocycles. The van der Waals surface area contributed by atoms with Gasteiger partial charge in [0, 0.05) is 12.1 Å². The first-order valence-corrected chi connectivity index (χ1v) is 3.64. The molecule has 0 amide bonds. The monoisotopic (exact) mass is 128 g/mol. The van der Waals surface area contributed by atoms with Gasteiger partial charge in [-0.15, -0.1) is 0 Å². The first kappa shape index (κ1) is 7.03. The molecule has 4 atom stereocenters. The molecule has 0 bridgehead atoms. The summed E-state index contributed by atoms with van der Waals surface area (Å²) in [6, 6.07) is 0.685. The molecule has 0 heterocycles. The van der Waals surface area contributed by atoms with E-state index in [9.17, 15) is 0 Å². The predicted molar refractivity (Wildman–Crippen MR) is 38.9 cm³/mol. The van der Waals surface area contributed by atoms with Crippen molar-refractivity contribution in [3.05, 3.63) is 0 Å². The first-order chi connectivity index (χ1) is 4.13. The van der Waals surface area contributed by atoms with Crippen molar-refractivity contribution in [3.8, 4) is 0 Å². The highest BCUT2D eigenvalue weighted by Gasteiger charge is 2.32. The van der Waals surface area contributed by atoms with Crippen LogP contribution in [0.1, 0.15) is 20.3 Å². The normalized spacial score (nSPS) is 52.0. The molecule has 4 N–H and O–H groups in total. The minimum atomic E-state index is 0.343. The summed E-state index contributed by atoms with van der Waals surface area (Å²) in [6.45, 7) is 4.37. The largest absolute Gasteiger partial charge is 0.327 e. The molecular formula is C7H16N2. The Kier molecular flexibility index (Phi) is 1.78. The van der Waals surface area contributed by atoms with Crippen LogP contribution in [0.15, 0.2) is 0 Å². The summed E-state index contributed by atoms with van der Waals surface area (Å²) in [5.74, 6) is 1.22. The van der Waals surface area contributed by atoms with Gasteiger partial charge in [0.15, 0.2) is 0 Å². The summed E-state index contributed by atoms with van der Waals surface area (Å²) >= 11 is 0. The number of rotatable bonds is 0. The van der Waals surface area contributed by atoms with Gasteiger partial charge in [-0.1, -0.05) is 13.8 Å². The molecule has 9 heavy (non-hydrogen) atoms. The van der Waals surface area contributed by atoms with Gasteiger partial charge >= 0.3 is 0 Å². The maximum absolute atomic E-state index is 5.78. The second-order valence-electron chi connectivity index (χ2n) is 3.28. The summed E-state index contributed by atoms with van der Waals surface area (Å²) in [7, 11) is 0. The van der Waals surface area contributed by atoms with Crippen molar-refractivity contribution in [3.63, 3.8) is 0 Å². The highest BCUT2D eigenvalue weighted by atomic mass is 14.8. The zero-order valence-electron chi connectivity index (χ0n) is 6.17. The van der Waals surface area contributed by atoms with Gasteiger partial charge in [-0.3, -0.25) is 0 Å². The molecule has 0 aromatic rings. The van der Waals surface area contributed by atoms with E-state index in [1.165, 1.54) is 0 Å². The fourth-order valence-electron chi connectivity index (χ4n) is 1.52. The molecule has 1 rings (SSSR count). The smallest absolute Gasteiger partial charge is 0.00824 e. The standard InChI is InChI=1S/C7H16N2/c1-4-5(2)7(9)3-6(4)8/h4-7H,3,8-9H2,1-2H3. The average molecular weight is 128 g/mol. The van der Waals surface area contributed by atoms with E-state index in [0.29, 0.717) is 23.9 Å². The van der Waals surface area contributed by atoms with Gasteiger partial charge in [0.2, 0.25) is 0 Å². The van der Waals surface area contributed by atoms with E-state index >= 15 is 0 Å². The number of nitrogens with two attached hydrogens (primary N) is 2. The zero-order valence-corrected chi connectivity index (χ0v) is 6.17. The van der Waals surface area contributed by atoms with Crippen LogP contribution >= 0.6 is 0 Å². The van der Waals surface area contributed by atoms with Crippen molar-refractivity contribution >= 4 is 0 Å². The van der Waals surface area contributed by atoms with Crippen LogP contribution in [-0.2, 0) is 0 Å². The molecular weight excluding hydrogens is 112 g/mol. The Balaban J connectivity index is 2.54. The molecule has 1 saturated carbocycles. The molecule has 0 saturated heterocycles. The third-order valence-electron chi connectivity index (χ3n) is 2.72. The van der Waals surface area contributed by atoms with E-state index < -0.39 is 0 Å². The molecule has 4 unspecified atom stereocenters. The fourth-order valence-corrected chi connectivity index (χ4v) is 1.52. The van der Waals surface area contributed by atoms with Crippen LogP contribution in [0.25, 0.3) is 0 Å². The van der Waals surface area contributed by atoms with Gasteiger partial charge in [-0.2, -0.15) is 0 Å². The van der Waals surface area contributed by atoms with Crippen molar-refractivity contribution < 1.29 is 0 Å². The van der Waals surface area contributed by atoms with Gasteiger partial charge in [-0.25, -0.2) is 0 Å². The Morgan fingerprint density at radius 1 is 1.00 bits per heavy atom. The van der Waals surface area contributed by atoms with Crippen LogP contribution in [0.3, 0.4) is 0 Å². The highest BCUT2D eigenvalue weighted by molar-refractivity contribution is 4.90. The second kappa shape index (κ2) is 2.27. The molecule has 0 radical (unpaired) electrons. The van der Waals surface area contributed by atoms with E-state index in [-0.39, 0.29) is 0 Å². The molecule has 2 heteroatoms. The van der Waals surface area contributed by atoms with Gasteiger partial charge in [0.25, 0.3) is 0 Å². The van der Waals surface area contributed by atoms with Crippen LogP contribution in [0.2, 0.25) is 0 Å². The van der Waals surface area contributed by atoms with E-state index in [2.05, 4.69) is 13.8 Å².